The second-order valence-corrected chi connectivity index (χ2v) is 3.95. The van der Waals surface area contributed by atoms with Crippen molar-refractivity contribution in [3.63, 3.8) is 0 Å². The van der Waals surface area contributed by atoms with E-state index in [0.29, 0.717) is 6.42 Å². The summed E-state index contributed by atoms with van der Waals surface area (Å²) in [7, 11) is 0. The number of carbonyl (C=O) groups is 1. The number of benzene rings is 1. The van der Waals surface area contributed by atoms with Crippen molar-refractivity contribution in [1.29, 1.82) is 0 Å². The molecule has 0 aliphatic rings. The van der Waals surface area contributed by atoms with E-state index in [0.717, 1.165) is 24.6 Å². The molecule has 1 rings (SSSR count). The number of alkyl halides is 3. The Balaban J connectivity index is 2.85. The number of carbonyl (C=O) groups excluding carboxylic acids is 1. The van der Waals surface area contributed by atoms with Crippen LogP contribution in [0.5, 0.6) is 0 Å². The van der Waals surface area contributed by atoms with Crippen molar-refractivity contribution in [2.45, 2.75) is 32.4 Å². The fraction of sp³-hybridized carbons (Fsp3) is 0.417. The van der Waals surface area contributed by atoms with Gasteiger partial charge in [-0.15, -0.1) is 0 Å². The third kappa shape index (κ3) is 3.94. The first-order chi connectivity index (χ1) is 8.34. The molecule has 0 bridgehead atoms. The number of hydrogen-bond donors (Lipinski definition) is 2. The van der Waals surface area contributed by atoms with E-state index in [-0.39, 0.29) is 23.7 Å². The summed E-state index contributed by atoms with van der Waals surface area (Å²) < 4.78 is 37.5. The van der Waals surface area contributed by atoms with Crippen LogP contribution >= 0.6 is 0 Å². The average Bonchev–Trinajstić information content (AvgIpc) is 2.28. The van der Waals surface area contributed by atoms with Crippen LogP contribution in [-0.2, 0) is 11.0 Å². The van der Waals surface area contributed by atoms with Crippen molar-refractivity contribution in [2.75, 3.05) is 11.1 Å². The Hall–Kier alpha value is -1.72. The van der Waals surface area contributed by atoms with Gasteiger partial charge in [0.25, 0.3) is 0 Å². The third-order valence-corrected chi connectivity index (χ3v) is 2.41. The van der Waals surface area contributed by atoms with Crippen LogP contribution in [0.15, 0.2) is 18.2 Å². The fourth-order valence-electron chi connectivity index (χ4n) is 1.39. The average molecular weight is 260 g/mol. The molecule has 100 valence electrons. The van der Waals surface area contributed by atoms with Crippen LogP contribution in [0.25, 0.3) is 0 Å². The van der Waals surface area contributed by atoms with Crippen LogP contribution in [0, 0.1) is 0 Å². The molecule has 0 atom stereocenters. The van der Waals surface area contributed by atoms with Gasteiger partial charge in [0, 0.05) is 6.42 Å². The van der Waals surface area contributed by atoms with E-state index in [2.05, 4.69) is 5.32 Å². The van der Waals surface area contributed by atoms with Gasteiger partial charge in [0.2, 0.25) is 5.91 Å². The molecule has 0 aromatic heterocycles. The monoisotopic (exact) mass is 260 g/mol. The van der Waals surface area contributed by atoms with Crippen molar-refractivity contribution in [2.24, 2.45) is 0 Å². The fourth-order valence-corrected chi connectivity index (χ4v) is 1.39. The van der Waals surface area contributed by atoms with E-state index in [1.54, 1.807) is 0 Å². The topological polar surface area (TPSA) is 55.1 Å². The highest BCUT2D eigenvalue weighted by molar-refractivity contribution is 5.93. The van der Waals surface area contributed by atoms with Gasteiger partial charge in [-0.1, -0.05) is 13.3 Å². The Morgan fingerprint density at radius 1 is 1.39 bits per heavy atom. The van der Waals surface area contributed by atoms with Gasteiger partial charge in [-0.25, -0.2) is 0 Å². The SMILES string of the molecule is CCCCC(=O)Nc1cc(C(F)(F)F)ccc1N. The molecule has 0 spiro atoms. The lowest BCUT2D eigenvalue weighted by atomic mass is 10.1. The molecule has 0 radical (unpaired) electrons. The number of nitrogens with two attached hydrogens (primary N) is 1. The zero-order valence-corrected chi connectivity index (χ0v) is 9.97. The van der Waals surface area contributed by atoms with Crippen molar-refractivity contribution in [3.8, 4) is 0 Å². The number of nitrogen functional groups attached to an aromatic ring is 1. The molecule has 6 heteroatoms. The number of amides is 1. The molecule has 0 heterocycles. The minimum Gasteiger partial charge on any atom is -0.397 e. The Kier molecular flexibility index (Phi) is 4.58. The number of halogens is 3. The van der Waals surface area contributed by atoms with E-state index in [4.69, 9.17) is 5.73 Å². The lowest BCUT2D eigenvalue weighted by Crippen LogP contribution is -2.14. The van der Waals surface area contributed by atoms with E-state index in [1.807, 2.05) is 6.92 Å². The summed E-state index contributed by atoms with van der Waals surface area (Å²) in [4.78, 5) is 11.4. The van der Waals surface area contributed by atoms with E-state index in [1.165, 1.54) is 0 Å². The van der Waals surface area contributed by atoms with Gasteiger partial charge in [-0.05, 0) is 24.6 Å². The number of anilines is 2. The minimum absolute atomic E-state index is 0.00549. The Morgan fingerprint density at radius 2 is 2.06 bits per heavy atom. The Labute approximate surface area is 103 Å². The maximum absolute atomic E-state index is 12.5. The molecule has 0 fully saturated rings. The van der Waals surface area contributed by atoms with Gasteiger partial charge in [0.05, 0.1) is 16.9 Å². The summed E-state index contributed by atoms with van der Waals surface area (Å²) in [5, 5.41) is 2.39. The number of hydrogen-bond acceptors (Lipinski definition) is 2. The van der Waals surface area contributed by atoms with Crippen LogP contribution in [0.4, 0.5) is 24.5 Å². The van der Waals surface area contributed by atoms with Gasteiger partial charge in [-0.3, -0.25) is 4.79 Å². The third-order valence-electron chi connectivity index (χ3n) is 2.41. The van der Waals surface area contributed by atoms with Crippen LogP contribution in [0.1, 0.15) is 31.7 Å². The zero-order valence-electron chi connectivity index (χ0n) is 9.97. The van der Waals surface area contributed by atoms with Gasteiger partial charge < -0.3 is 11.1 Å². The molecule has 1 aromatic carbocycles. The van der Waals surface area contributed by atoms with Crippen LogP contribution in [-0.4, -0.2) is 5.91 Å². The largest absolute Gasteiger partial charge is 0.416 e. The molecule has 1 amide bonds. The first-order valence-electron chi connectivity index (χ1n) is 5.61. The molecule has 18 heavy (non-hydrogen) atoms. The van der Waals surface area contributed by atoms with E-state index in [9.17, 15) is 18.0 Å². The second-order valence-electron chi connectivity index (χ2n) is 3.95. The lowest BCUT2D eigenvalue weighted by Gasteiger charge is -2.12. The molecule has 1 aromatic rings. The van der Waals surface area contributed by atoms with Crippen LogP contribution < -0.4 is 11.1 Å². The van der Waals surface area contributed by atoms with Crippen molar-refractivity contribution < 1.29 is 18.0 Å². The van der Waals surface area contributed by atoms with Gasteiger partial charge >= 0.3 is 6.18 Å². The zero-order chi connectivity index (χ0) is 13.8. The summed E-state index contributed by atoms with van der Waals surface area (Å²) in [5.41, 5.74) is 4.82. The summed E-state index contributed by atoms with van der Waals surface area (Å²) in [6.07, 6.45) is -2.65. The molecular weight excluding hydrogens is 245 g/mol. The predicted molar refractivity (Wildman–Crippen MR) is 64.0 cm³/mol. The smallest absolute Gasteiger partial charge is 0.397 e. The van der Waals surface area contributed by atoms with Crippen LogP contribution in [0.2, 0.25) is 0 Å². The number of nitrogens with one attached hydrogen (secondary N) is 1. The maximum Gasteiger partial charge on any atom is 0.416 e. The Morgan fingerprint density at radius 3 is 2.61 bits per heavy atom. The highest BCUT2D eigenvalue weighted by Gasteiger charge is 2.31. The summed E-state index contributed by atoms with van der Waals surface area (Å²) in [6, 6.07) is 2.87. The molecule has 3 N–H and O–H groups in total. The van der Waals surface area contributed by atoms with Gasteiger partial charge in [-0.2, -0.15) is 13.2 Å². The maximum atomic E-state index is 12.5. The molecule has 0 aliphatic heterocycles. The van der Waals surface area contributed by atoms with Crippen molar-refractivity contribution >= 4 is 17.3 Å². The quantitative estimate of drug-likeness (QED) is 0.815. The molecule has 3 nitrogen and oxygen atoms in total. The summed E-state index contributed by atoms with van der Waals surface area (Å²) in [6.45, 7) is 1.92. The number of rotatable bonds is 4. The van der Waals surface area contributed by atoms with E-state index < -0.39 is 11.7 Å². The summed E-state index contributed by atoms with van der Waals surface area (Å²) >= 11 is 0. The van der Waals surface area contributed by atoms with E-state index >= 15 is 0 Å². The minimum atomic E-state index is -4.45. The lowest BCUT2D eigenvalue weighted by molar-refractivity contribution is -0.137. The normalized spacial score (nSPS) is 11.3. The molecule has 0 unspecified atom stereocenters. The molecule has 0 aliphatic carbocycles. The standard InChI is InChI=1S/C12H15F3N2O/c1-2-3-4-11(18)17-10-7-8(12(13,14)15)5-6-9(10)16/h5-7H,2-4,16H2,1H3,(H,17,18). The van der Waals surface area contributed by atoms with Crippen molar-refractivity contribution in [3.05, 3.63) is 23.8 Å². The molecule has 0 saturated heterocycles. The highest BCUT2D eigenvalue weighted by atomic mass is 19.4. The Bertz CT molecular complexity index is 430. The predicted octanol–water partition coefficient (Wildman–Crippen LogP) is 3.42. The first kappa shape index (κ1) is 14.3. The van der Waals surface area contributed by atoms with Crippen molar-refractivity contribution in [1.82, 2.24) is 0 Å². The van der Waals surface area contributed by atoms with Crippen LogP contribution in [0.3, 0.4) is 0 Å². The van der Waals surface area contributed by atoms with Gasteiger partial charge in [0.15, 0.2) is 0 Å². The van der Waals surface area contributed by atoms with Gasteiger partial charge in [0.1, 0.15) is 0 Å². The molecule has 0 saturated carbocycles. The summed E-state index contributed by atoms with van der Waals surface area (Å²) in [5.74, 6) is -0.331. The first-order valence-corrected chi connectivity index (χ1v) is 5.61. The highest BCUT2D eigenvalue weighted by Crippen LogP contribution is 2.33. The molecular formula is C12H15F3N2O. The second kappa shape index (κ2) is 5.75. The number of unbranched alkanes of at least 4 members (excludes halogenated alkanes) is 1.